The summed E-state index contributed by atoms with van der Waals surface area (Å²) in [6.07, 6.45) is 2.51. The molecule has 104 valence electrons. The van der Waals surface area contributed by atoms with E-state index in [0.717, 1.165) is 18.7 Å². The van der Waals surface area contributed by atoms with E-state index in [1.54, 1.807) is 0 Å². The fraction of sp³-hybridized carbons (Fsp3) is 0.500. The number of rotatable bonds is 3. The Bertz CT molecular complexity index is 572. The molecule has 0 saturated carbocycles. The smallest absolute Gasteiger partial charge is 0.358 e. The zero-order chi connectivity index (χ0) is 14.0. The van der Waals surface area contributed by atoms with Gasteiger partial charge in [0.25, 0.3) is 0 Å². The first kappa shape index (κ1) is 13.8. The number of piperidine rings is 1. The highest BCUT2D eigenvalue weighted by Gasteiger charge is 2.30. The second kappa shape index (κ2) is 5.19. The zero-order valence-electron chi connectivity index (χ0n) is 10.1. The number of nitro groups is 1. The van der Waals surface area contributed by atoms with Crippen LogP contribution in [0.5, 0.6) is 0 Å². The standard InChI is InChI=1S/C10H14N4O4S/c11-8-2-1-5-13(7-8)19(17,18)9-3-4-10(12-6-9)14(15)16/h3-4,6,8H,1-2,5,7,11H2/t8-/m1/s1. The average Bonchev–Trinajstić information content (AvgIpc) is 2.39. The second-order valence-corrected chi connectivity index (χ2v) is 6.31. The van der Waals surface area contributed by atoms with Crippen LogP contribution >= 0.6 is 0 Å². The molecule has 0 unspecified atom stereocenters. The fourth-order valence-electron chi connectivity index (χ4n) is 1.97. The average molecular weight is 286 g/mol. The molecule has 8 nitrogen and oxygen atoms in total. The SMILES string of the molecule is N[C@@H]1CCCN(S(=O)(=O)c2ccc([N+](=O)[O-])nc2)C1. The summed E-state index contributed by atoms with van der Waals surface area (Å²) in [5.41, 5.74) is 5.75. The van der Waals surface area contributed by atoms with Crippen LogP contribution in [0.3, 0.4) is 0 Å². The summed E-state index contributed by atoms with van der Waals surface area (Å²) >= 11 is 0. The van der Waals surface area contributed by atoms with Crippen molar-refractivity contribution >= 4 is 15.8 Å². The third-order valence-corrected chi connectivity index (χ3v) is 4.81. The lowest BCUT2D eigenvalue weighted by Crippen LogP contribution is -2.45. The van der Waals surface area contributed by atoms with Gasteiger partial charge >= 0.3 is 5.82 Å². The molecule has 0 spiro atoms. The monoisotopic (exact) mass is 286 g/mol. The normalized spacial score (nSPS) is 21.2. The van der Waals surface area contributed by atoms with Crippen LogP contribution in [-0.2, 0) is 10.0 Å². The first-order valence-corrected chi connectivity index (χ1v) is 7.21. The molecular formula is C10H14N4O4S. The molecule has 0 radical (unpaired) electrons. The largest absolute Gasteiger partial charge is 0.363 e. The lowest BCUT2D eigenvalue weighted by molar-refractivity contribution is -0.389. The van der Waals surface area contributed by atoms with Gasteiger partial charge in [0.15, 0.2) is 6.20 Å². The van der Waals surface area contributed by atoms with Crippen molar-refractivity contribution in [3.05, 3.63) is 28.4 Å². The Morgan fingerprint density at radius 2 is 2.21 bits per heavy atom. The molecule has 0 aromatic carbocycles. The Morgan fingerprint density at radius 3 is 2.74 bits per heavy atom. The Balaban J connectivity index is 2.26. The highest BCUT2D eigenvalue weighted by Crippen LogP contribution is 2.20. The number of aromatic nitrogens is 1. The van der Waals surface area contributed by atoms with Crippen molar-refractivity contribution in [3.8, 4) is 0 Å². The third kappa shape index (κ3) is 2.88. The van der Waals surface area contributed by atoms with Crippen LogP contribution in [0.4, 0.5) is 5.82 Å². The predicted molar refractivity (Wildman–Crippen MR) is 66.9 cm³/mol. The minimum absolute atomic E-state index is 0.0489. The van der Waals surface area contributed by atoms with Gasteiger partial charge in [-0.1, -0.05) is 0 Å². The summed E-state index contributed by atoms with van der Waals surface area (Å²) in [5, 5.41) is 10.5. The van der Waals surface area contributed by atoms with E-state index in [1.807, 2.05) is 0 Å². The number of pyridine rings is 1. The van der Waals surface area contributed by atoms with E-state index in [-0.39, 0.29) is 23.3 Å². The Morgan fingerprint density at radius 1 is 1.47 bits per heavy atom. The molecule has 1 atom stereocenters. The van der Waals surface area contributed by atoms with Gasteiger partial charge in [-0.05, 0) is 28.8 Å². The molecule has 1 aromatic heterocycles. The maximum atomic E-state index is 12.3. The van der Waals surface area contributed by atoms with Crippen molar-refractivity contribution in [2.45, 2.75) is 23.8 Å². The molecule has 0 bridgehead atoms. The molecule has 1 fully saturated rings. The minimum atomic E-state index is -3.67. The van der Waals surface area contributed by atoms with Gasteiger partial charge in [0, 0.05) is 25.2 Å². The summed E-state index contributed by atoms with van der Waals surface area (Å²) in [4.78, 5) is 13.3. The van der Waals surface area contributed by atoms with Crippen molar-refractivity contribution in [1.29, 1.82) is 0 Å². The first-order chi connectivity index (χ1) is 8.91. The summed E-state index contributed by atoms with van der Waals surface area (Å²) in [6, 6.07) is 2.10. The molecule has 1 aliphatic rings. The number of nitrogens with two attached hydrogens (primary N) is 1. The summed E-state index contributed by atoms with van der Waals surface area (Å²) in [7, 11) is -3.67. The van der Waals surface area contributed by atoms with Crippen molar-refractivity contribution in [2.24, 2.45) is 5.73 Å². The fourth-order valence-corrected chi connectivity index (χ4v) is 3.46. The van der Waals surface area contributed by atoms with Crippen LogP contribution in [0.25, 0.3) is 0 Å². The third-order valence-electron chi connectivity index (χ3n) is 2.97. The molecule has 1 aromatic rings. The maximum Gasteiger partial charge on any atom is 0.363 e. The summed E-state index contributed by atoms with van der Waals surface area (Å²) in [6.45, 7) is 0.673. The van der Waals surface area contributed by atoms with Gasteiger partial charge in [0.05, 0.1) is 0 Å². The van der Waals surface area contributed by atoms with E-state index in [1.165, 1.54) is 10.4 Å². The van der Waals surface area contributed by atoms with Crippen LogP contribution in [0.1, 0.15) is 12.8 Å². The van der Waals surface area contributed by atoms with Crippen LogP contribution in [0.2, 0.25) is 0 Å². The molecule has 0 aliphatic carbocycles. The maximum absolute atomic E-state index is 12.3. The number of hydrogen-bond acceptors (Lipinski definition) is 6. The van der Waals surface area contributed by atoms with E-state index >= 15 is 0 Å². The highest BCUT2D eigenvalue weighted by atomic mass is 32.2. The topological polar surface area (TPSA) is 119 Å². The zero-order valence-corrected chi connectivity index (χ0v) is 10.9. The van der Waals surface area contributed by atoms with E-state index < -0.39 is 14.9 Å². The van der Waals surface area contributed by atoms with Crippen molar-refractivity contribution in [3.63, 3.8) is 0 Å². The molecule has 1 aliphatic heterocycles. The molecule has 9 heteroatoms. The van der Waals surface area contributed by atoms with Gasteiger partial charge in [-0.3, -0.25) is 0 Å². The predicted octanol–water partition coefficient (Wildman–Crippen LogP) is 0.102. The second-order valence-electron chi connectivity index (χ2n) is 4.37. The van der Waals surface area contributed by atoms with Gasteiger partial charge in [0.2, 0.25) is 10.0 Å². The Labute approximate surface area is 110 Å². The number of hydrogen-bond donors (Lipinski definition) is 1. The van der Waals surface area contributed by atoms with Crippen LogP contribution in [0, 0.1) is 10.1 Å². The summed E-state index contributed by atoms with van der Waals surface area (Å²) in [5.74, 6) is -0.380. The quantitative estimate of drug-likeness (QED) is 0.621. The first-order valence-electron chi connectivity index (χ1n) is 5.77. The molecule has 2 N–H and O–H groups in total. The van der Waals surface area contributed by atoms with Crippen molar-refractivity contribution in [1.82, 2.24) is 9.29 Å². The van der Waals surface area contributed by atoms with Gasteiger partial charge in [0.1, 0.15) is 4.90 Å². The Kier molecular flexibility index (Phi) is 3.78. The van der Waals surface area contributed by atoms with Crippen molar-refractivity contribution in [2.75, 3.05) is 13.1 Å². The number of sulfonamides is 1. The molecule has 0 amide bonds. The van der Waals surface area contributed by atoms with Crippen molar-refractivity contribution < 1.29 is 13.3 Å². The minimum Gasteiger partial charge on any atom is -0.358 e. The summed E-state index contributed by atoms with van der Waals surface area (Å²) < 4.78 is 25.8. The van der Waals surface area contributed by atoms with Gasteiger partial charge in [-0.25, -0.2) is 8.42 Å². The highest BCUT2D eigenvalue weighted by molar-refractivity contribution is 7.89. The van der Waals surface area contributed by atoms with Gasteiger partial charge in [-0.2, -0.15) is 4.31 Å². The van der Waals surface area contributed by atoms with Crippen LogP contribution < -0.4 is 5.73 Å². The van der Waals surface area contributed by atoms with E-state index in [2.05, 4.69) is 4.98 Å². The molecule has 2 heterocycles. The van der Waals surface area contributed by atoms with Crippen LogP contribution in [-0.4, -0.2) is 41.8 Å². The Hall–Kier alpha value is -1.58. The number of nitrogens with zero attached hydrogens (tertiary/aromatic N) is 3. The lowest BCUT2D eigenvalue weighted by Gasteiger charge is -2.29. The molecular weight excluding hydrogens is 272 g/mol. The molecule has 1 saturated heterocycles. The van der Waals surface area contributed by atoms with E-state index in [4.69, 9.17) is 5.73 Å². The van der Waals surface area contributed by atoms with Crippen LogP contribution in [0.15, 0.2) is 23.2 Å². The van der Waals surface area contributed by atoms with E-state index in [0.29, 0.717) is 13.0 Å². The van der Waals surface area contributed by atoms with Gasteiger partial charge in [-0.15, -0.1) is 0 Å². The van der Waals surface area contributed by atoms with E-state index in [9.17, 15) is 18.5 Å². The molecule has 19 heavy (non-hydrogen) atoms. The molecule has 2 rings (SSSR count). The van der Waals surface area contributed by atoms with Gasteiger partial charge < -0.3 is 15.8 Å². The lowest BCUT2D eigenvalue weighted by atomic mass is 10.1.